The number of aromatic nitrogens is 1. The number of hydrogen-bond donors (Lipinski definition) is 1. The molecule has 0 bridgehead atoms. The lowest BCUT2D eigenvalue weighted by Gasteiger charge is -2.11. The molecule has 20 heavy (non-hydrogen) atoms. The van der Waals surface area contributed by atoms with Crippen molar-refractivity contribution in [2.75, 3.05) is 12.3 Å². The molecule has 0 fully saturated rings. The molecular formula is C14H13ClN2O3. The number of nitrogens with zero attached hydrogens (tertiary/aromatic N) is 1. The Hall–Kier alpha value is -2.27. The molecule has 0 radical (unpaired) electrons. The van der Waals surface area contributed by atoms with E-state index in [1.807, 2.05) is 0 Å². The number of hydrogen-bond acceptors (Lipinski definition) is 5. The Morgan fingerprint density at radius 2 is 2.15 bits per heavy atom. The van der Waals surface area contributed by atoms with Crippen LogP contribution in [-0.4, -0.2) is 17.6 Å². The highest BCUT2D eigenvalue weighted by molar-refractivity contribution is 6.32. The van der Waals surface area contributed by atoms with Crippen molar-refractivity contribution in [3.05, 3.63) is 47.1 Å². The summed E-state index contributed by atoms with van der Waals surface area (Å²) in [7, 11) is 0. The van der Waals surface area contributed by atoms with Gasteiger partial charge in [-0.3, -0.25) is 0 Å². The number of esters is 1. The Labute approximate surface area is 121 Å². The van der Waals surface area contributed by atoms with Gasteiger partial charge in [-0.25, -0.2) is 9.78 Å². The first-order valence-corrected chi connectivity index (χ1v) is 6.35. The molecule has 1 aromatic carbocycles. The number of carbonyl (C=O) groups excluding carboxylic acids is 1. The molecule has 0 aliphatic carbocycles. The third-order valence-corrected chi connectivity index (χ3v) is 2.76. The van der Waals surface area contributed by atoms with Crippen molar-refractivity contribution >= 4 is 23.3 Å². The van der Waals surface area contributed by atoms with Crippen molar-refractivity contribution in [1.29, 1.82) is 0 Å². The van der Waals surface area contributed by atoms with Gasteiger partial charge in [0.15, 0.2) is 5.75 Å². The van der Waals surface area contributed by atoms with Crippen molar-refractivity contribution in [3.8, 4) is 11.6 Å². The van der Waals surface area contributed by atoms with Crippen molar-refractivity contribution in [2.24, 2.45) is 0 Å². The zero-order valence-electron chi connectivity index (χ0n) is 10.8. The maximum Gasteiger partial charge on any atom is 0.343 e. The van der Waals surface area contributed by atoms with E-state index in [9.17, 15) is 4.79 Å². The highest BCUT2D eigenvalue weighted by Crippen LogP contribution is 2.35. The Bertz CT molecular complexity index is 611. The van der Waals surface area contributed by atoms with Gasteiger partial charge in [0.1, 0.15) is 5.56 Å². The molecule has 0 spiro atoms. The van der Waals surface area contributed by atoms with Gasteiger partial charge in [0, 0.05) is 6.20 Å². The minimum atomic E-state index is -0.513. The molecule has 0 aliphatic heterocycles. The third-order valence-electron chi connectivity index (χ3n) is 2.46. The van der Waals surface area contributed by atoms with Crippen LogP contribution in [0, 0.1) is 0 Å². The van der Waals surface area contributed by atoms with Gasteiger partial charge in [-0.1, -0.05) is 17.7 Å². The predicted octanol–water partition coefficient (Wildman–Crippen LogP) is 3.29. The molecule has 0 aliphatic rings. The van der Waals surface area contributed by atoms with Crippen LogP contribution in [-0.2, 0) is 4.74 Å². The highest BCUT2D eigenvalue weighted by atomic mass is 35.5. The van der Waals surface area contributed by atoms with Gasteiger partial charge >= 0.3 is 5.97 Å². The predicted molar refractivity (Wildman–Crippen MR) is 76.1 cm³/mol. The Morgan fingerprint density at radius 1 is 1.35 bits per heavy atom. The number of benzene rings is 1. The summed E-state index contributed by atoms with van der Waals surface area (Å²) in [5.74, 6) is -0.148. The lowest BCUT2D eigenvalue weighted by Crippen LogP contribution is -2.07. The van der Waals surface area contributed by atoms with Gasteiger partial charge in [-0.2, -0.15) is 0 Å². The molecule has 2 aromatic rings. The fourth-order valence-electron chi connectivity index (χ4n) is 1.57. The summed E-state index contributed by atoms with van der Waals surface area (Å²) < 4.78 is 10.5. The maximum absolute atomic E-state index is 11.8. The van der Waals surface area contributed by atoms with Gasteiger partial charge in [0.05, 0.1) is 17.3 Å². The number of nitrogens with two attached hydrogens (primary N) is 1. The number of ether oxygens (including phenoxy) is 2. The molecule has 0 atom stereocenters. The number of para-hydroxylation sites is 1. The normalized spacial score (nSPS) is 10.1. The fraction of sp³-hybridized carbons (Fsp3) is 0.143. The zero-order chi connectivity index (χ0) is 14.5. The molecular weight excluding hydrogens is 280 g/mol. The van der Waals surface area contributed by atoms with Crippen LogP contribution in [0.5, 0.6) is 11.6 Å². The molecule has 104 valence electrons. The highest BCUT2D eigenvalue weighted by Gasteiger charge is 2.17. The summed E-state index contributed by atoms with van der Waals surface area (Å²) in [4.78, 5) is 15.8. The Balaban J connectivity index is 2.37. The van der Waals surface area contributed by atoms with E-state index in [1.54, 1.807) is 37.3 Å². The van der Waals surface area contributed by atoms with Gasteiger partial charge in [0.25, 0.3) is 0 Å². The number of halogens is 1. The molecule has 2 N–H and O–H groups in total. The Morgan fingerprint density at radius 3 is 2.85 bits per heavy atom. The van der Waals surface area contributed by atoms with E-state index in [0.717, 1.165) is 0 Å². The van der Waals surface area contributed by atoms with Crippen LogP contribution in [0.4, 0.5) is 5.69 Å². The number of anilines is 1. The smallest absolute Gasteiger partial charge is 0.343 e. The van der Waals surface area contributed by atoms with Crippen molar-refractivity contribution in [2.45, 2.75) is 6.92 Å². The number of carbonyl (C=O) groups is 1. The molecule has 1 heterocycles. The molecule has 0 amide bonds. The standard InChI is InChI=1S/C14H13ClN2O3/c1-2-19-14(18)9-5-4-8-17-13(9)20-12-10(15)6-3-7-11(12)16/h3-8H,2,16H2,1H3. The number of pyridine rings is 1. The largest absolute Gasteiger partial charge is 0.462 e. The van der Waals surface area contributed by atoms with E-state index in [-0.39, 0.29) is 23.8 Å². The quantitative estimate of drug-likeness (QED) is 0.691. The third kappa shape index (κ3) is 3.00. The average molecular weight is 293 g/mol. The monoisotopic (exact) mass is 292 g/mol. The summed E-state index contributed by atoms with van der Waals surface area (Å²) >= 11 is 6.02. The lowest BCUT2D eigenvalue weighted by atomic mass is 10.2. The van der Waals surface area contributed by atoms with Crippen LogP contribution in [0.2, 0.25) is 5.02 Å². The minimum Gasteiger partial charge on any atom is -0.462 e. The minimum absolute atomic E-state index is 0.103. The van der Waals surface area contributed by atoms with E-state index in [1.165, 1.54) is 6.20 Å². The van der Waals surface area contributed by atoms with E-state index < -0.39 is 5.97 Å². The van der Waals surface area contributed by atoms with E-state index >= 15 is 0 Å². The topological polar surface area (TPSA) is 74.4 Å². The second-order valence-corrected chi connectivity index (χ2v) is 4.24. The maximum atomic E-state index is 11.8. The van der Waals surface area contributed by atoms with E-state index in [4.69, 9.17) is 26.8 Å². The first kappa shape index (κ1) is 14.1. The SMILES string of the molecule is CCOC(=O)c1cccnc1Oc1c(N)cccc1Cl. The summed E-state index contributed by atoms with van der Waals surface area (Å²) in [5.41, 5.74) is 6.38. The van der Waals surface area contributed by atoms with Crippen LogP contribution in [0.3, 0.4) is 0 Å². The second kappa shape index (κ2) is 6.25. The molecule has 0 unspecified atom stereocenters. The fourth-order valence-corrected chi connectivity index (χ4v) is 1.79. The molecule has 0 saturated heterocycles. The number of rotatable bonds is 4. The van der Waals surface area contributed by atoms with Crippen molar-refractivity contribution < 1.29 is 14.3 Å². The average Bonchev–Trinajstić information content (AvgIpc) is 2.44. The molecule has 0 saturated carbocycles. The summed E-state index contributed by atoms with van der Waals surface area (Å²) in [6.45, 7) is 1.99. The molecule has 2 rings (SSSR count). The van der Waals surface area contributed by atoms with Gasteiger partial charge in [0.2, 0.25) is 5.88 Å². The first-order chi connectivity index (χ1) is 9.63. The second-order valence-electron chi connectivity index (χ2n) is 3.84. The van der Waals surface area contributed by atoms with Gasteiger partial charge in [-0.05, 0) is 31.2 Å². The van der Waals surface area contributed by atoms with Crippen LogP contribution in [0.1, 0.15) is 17.3 Å². The van der Waals surface area contributed by atoms with Crippen molar-refractivity contribution in [3.63, 3.8) is 0 Å². The summed E-state index contributed by atoms with van der Waals surface area (Å²) in [6, 6.07) is 8.17. The zero-order valence-corrected chi connectivity index (χ0v) is 11.6. The van der Waals surface area contributed by atoms with Crippen LogP contribution in [0.15, 0.2) is 36.5 Å². The van der Waals surface area contributed by atoms with Crippen molar-refractivity contribution in [1.82, 2.24) is 4.98 Å². The van der Waals surface area contributed by atoms with Crippen LogP contribution in [0.25, 0.3) is 0 Å². The van der Waals surface area contributed by atoms with E-state index in [0.29, 0.717) is 10.7 Å². The molecule has 6 heteroatoms. The van der Waals surface area contributed by atoms with E-state index in [2.05, 4.69) is 4.98 Å². The summed E-state index contributed by atoms with van der Waals surface area (Å²) in [5, 5.41) is 0.338. The van der Waals surface area contributed by atoms with Gasteiger partial charge < -0.3 is 15.2 Å². The van der Waals surface area contributed by atoms with Crippen LogP contribution < -0.4 is 10.5 Å². The summed E-state index contributed by atoms with van der Waals surface area (Å²) in [6.07, 6.45) is 1.51. The Kier molecular flexibility index (Phi) is 4.42. The lowest BCUT2D eigenvalue weighted by molar-refractivity contribution is 0.0522. The number of nitrogen functional groups attached to an aromatic ring is 1. The molecule has 1 aromatic heterocycles. The van der Waals surface area contributed by atoms with Crippen LogP contribution >= 0.6 is 11.6 Å². The molecule has 5 nitrogen and oxygen atoms in total. The van der Waals surface area contributed by atoms with Gasteiger partial charge in [-0.15, -0.1) is 0 Å². The first-order valence-electron chi connectivity index (χ1n) is 5.97.